The van der Waals surface area contributed by atoms with Crippen LogP contribution in [0.4, 0.5) is 0 Å². The van der Waals surface area contributed by atoms with E-state index in [0.717, 1.165) is 21.9 Å². The molecule has 20 heavy (non-hydrogen) atoms. The first-order valence-electron chi connectivity index (χ1n) is 6.72. The Morgan fingerprint density at radius 3 is 2.65 bits per heavy atom. The first-order chi connectivity index (χ1) is 9.63. The molecule has 0 aliphatic carbocycles. The highest BCUT2D eigenvalue weighted by Crippen LogP contribution is 2.31. The van der Waals surface area contributed by atoms with Gasteiger partial charge in [-0.05, 0) is 54.8 Å². The number of nitrogens with zero attached hydrogens (tertiary/aromatic N) is 1. The minimum atomic E-state index is 0.158. The van der Waals surface area contributed by atoms with E-state index in [9.17, 15) is 0 Å². The van der Waals surface area contributed by atoms with Gasteiger partial charge in [-0.1, -0.05) is 44.8 Å². The molecule has 0 saturated heterocycles. The Morgan fingerprint density at radius 2 is 2.00 bits per heavy atom. The molecular formula is C16H18Br2N2. The third-order valence-corrected chi connectivity index (χ3v) is 4.44. The molecule has 0 bridgehead atoms. The van der Waals surface area contributed by atoms with Gasteiger partial charge in [-0.3, -0.25) is 4.98 Å². The predicted molar refractivity (Wildman–Crippen MR) is 91.0 cm³/mol. The number of hydrogen-bond acceptors (Lipinski definition) is 2. The first-order valence-corrected chi connectivity index (χ1v) is 8.31. The normalized spacial score (nSPS) is 12.4. The van der Waals surface area contributed by atoms with Gasteiger partial charge in [-0.15, -0.1) is 0 Å². The van der Waals surface area contributed by atoms with Crippen molar-refractivity contribution in [3.63, 3.8) is 0 Å². The van der Waals surface area contributed by atoms with Crippen molar-refractivity contribution in [2.24, 2.45) is 0 Å². The third kappa shape index (κ3) is 3.68. The summed E-state index contributed by atoms with van der Waals surface area (Å²) < 4.78 is 2.18. The van der Waals surface area contributed by atoms with Crippen molar-refractivity contribution < 1.29 is 0 Å². The summed E-state index contributed by atoms with van der Waals surface area (Å²) in [7, 11) is 0. The molecule has 0 spiro atoms. The molecule has 0 amide bonds. The summed E-state index contributed by atoms with van der Waals surface area (Å²) in [6, 6.07) is 8.52. The van der Waals surface area contributed by atoms with Crippen LogP contribution < -0.4 is 5.32 Å². The Kier molecular flexibility index (Phi) is 5.75. The molecule has 0 aliphatic heterocycles. The fourth-order valence-corrected chi connectivity index (χ4v) is 3.47. The molecule has 1 aromatic heterocycles. The standard InChI is InChI=1S/C16H18Br2N2/c1-3-7-20-16(14-10-19-8-6-11(14)2)13-5-4-12(17)9-15(13)18/h4-6,8-10,16,20H,3,7H2,1-2H3. The number of rotatable bonds is 5. The van der Waals surface area contributed by atoms with Crippen LogP contribution in [0.3, 0.4) is 0 Å². The van der Waals surface area contributed by atoms with Crippen LogP contribution in [-0.2, 0) is 0 Å². The highest BCUT2D eigenvalue weighted by molar-refractivity contribution is 9.11. The minimum absolute atomic E-state index is 0.158. The first kappa shape index (κ1) is 15.7. The van der Waals surface area contributed by atoms with Gasteiger partial charge in [-0.25, -0.2) is 0 Å². The number of benzene rings is 1. The fourth-order valence-electron chi connectivity index (χ4n) is 2.19. The Morgan fingerprint density at radius 1 is 1.20 bits per heavy atom. The van der Waals surface area contributed by atoms with Gasteiger partial charge in [-0.2, -0.15) is 0 Å². The number of halogens is 2. The molecule has 1 N–H and O–H groups in total. The van der Waals surface area contributed by atoms with Crippen molar-refractivity contribution in [2.75, 3.05) is 6.54 Å². The molecule has 2 rings (SSSR count). The van der Waals surface area contributed by atoms with Gasteiger partial charge >= 0.3 is 0 Å². The maximum absolute atomic E-state index is 4.28. The lowest BCUT2D eigenvalue weighted by atomic mass is 9.96. The smallest absolute Gasteiger partial charge is 0.0605 e. The zero-order chi connectivity index (χ0) is 14.5. The second kappa shape index (κ2) is 7.34. The summed E-state index contributed by atoms with van der Waals surface area (Å²) in [5, 5.41) is 3.62. The molecule has 0 radical (unpaired) electrons. The van der Waals surface area contributed by atoms with E-state index >= 15 is 0 Å². The number of aryl methyl sites for hydroxylation is 1. The van der Waals surface area contributed by atoms with Crippen LogP contribution in [0.2, 0.25) is 0 Å². The van der Waals surface area contributed by atoms with Crippen molar-refractivity contribution in [1.82, 2.24) is 10.3 Å². The van der Waals surface area contributed by atoms with Gasteiger partial charge in [0, 0.05) is 21.3 Å². The molecule has 1 aromatic carbocycles. The molecule has 1 heterocycles. The summed E-state index contributed by atoms with van der Waals surface area (Å²) in [4.78, 5) is 4.28. The molecule has 0 saturated carbocycles. The molecule has 4 heteroatoms. The average molecular weight is 398 g/mol. The lowest BCUT2D eigenvalue weighted by Gasteiger charge is -2.22. The van der Waals surface area contributed by atoms with Gasteiger partial charge in [0.1, 0.15) is 0 Å². The zero-order valence-corrected chi connectivity index (χ0v) is 14.8. The number of aromatic nitrogens is 1. The van der Waals surface area contributed by atoms with Crippen LogP contribution in [0.1, 0.15) is 36.1 Å². The second-order valence-corrected chi connectivity index (χ2v) is 6.56. The van der Waals surface area contributed by atoms with E-state index in [-0.39, 0.29) is 6.04 Å². The average Bonchev–Trinajstić information content (AvgIpc) is 2.42. The largest absolute Gasteiger partial charge is 0.306 e. The van der Waals surface area contributed by atoms with Crippen molar-refractivity contribution in [1.29, 1.82) is 0 Å². The lowest BCUT2D eigenvalue weighted by Crippen LogP contribution is -2.24. The molecule has 0 aliphatic rings. The van der Waals surface area contributed by atoms with Crippen LogP contribution in [0, 0.1) is 6.92 Å². The van der Waals surface area contributed by atoms with Crippen LogP contribution in [0.5, 0.6) is 0 Å². The molecule has 1 atom stereocenters. The Hall–Kier alpha value is -0.710. The minimum Gasteiger partial charge on any atom is -0.306 e. The van der Waals surface area contributed by atoms with E-state index in [1.54, 1.807) is 0 Å². The van der Waals surface area contributed by atoms with Gasteiger partial charge in [0.25, 0.3) is 0 Å². The Bertz CT molecular complexity index is 584. The Labute approximate surface area is 137 Å². The summed E-state index contributed by atoms with van der Waals surface area (Å²) in [5.74, 6) is 0. The number of nitrogens with one attached hydrogen (secondary N) is 1. The van der Waals surface area contributed by atoms with Crippen molar-refractivity contribution in [2.45, 2.75) is 26.3 Å². The van der Waals surface area contributed by atoms with E-state index in [1.807, 2.05) is 12.4 Å². The maximum Gasteiger partial charge on any atom is 0.0605 e. The molecule has 2 nitrogen and oxygen atoms in total. The van der Waals surface area contributed by atoms with Crippen LogP contribution in [0.15, 0.2) is 45.6 Å². The van der Waals surface area contributed by atoms with Gasteiger partial charge in [0.05, 0.1) is 6.04 Å². The summed E-state index contributed by atoms with van der Waals surface area (Å²) >= 11 is 7.18. The van der Waals surface area contributed by atoms with Crippen LogP contribution in [-0.4, -0.2) is 11.5 Å². The number of hydrogen-bond donors (Lipinski definition) is 1. The SMILES string of the molecule is CCCNC(c1cnccc1C)c1ccc(Br)cc1Br. The quantitative estimate of drug-likeness (QED) is 0.767. The number of pyridine rings is 1. The molecule has 2 aromatic rings. The lowest BCUT2D eigenvalue weighted by molar-refractivity contribution is 0.593. The van der Waals surface area contributed by atoms with Crippen molar-refractivity contribution in [3.8, 4) is 0 Å². The molecule has 1 unspecified atom stereocenters. The molecule has 0 fully saturated rings. The van der Waals surface area contributed by atoms with Gasteiger partial charge < -0.3 is 5.32 Å². The highest BCUT2D eigenvalue weighted by Gasteiger charge is 2.18. The van der Waals surface area contributed by atoms with Gasteiger partial charge in [0.15, 0.2) is 0 Å². The predicted octanol–water partition coefficient (Wildman–Crippen LogP) is 5.00. The monoisotopic (exact) mass is 396 g/mol. The van der Waals surface area contributed by atoms with Gasteiger partial charge in [0.2, 0.25) is 0 Å². The van der Waals surface area contributed by atoms with Crippen LogP contribution in [0.25, 0.3) is 0 Å². The van der Waals surface area contributed by atoms with E-state index in [1.165, 1.54) is 16.7 Å². The van der Waals surface area contributed by atoms with E-state index < -0.39 is 0 Å². The van der Waals surface area contributed by atoms with Crippen molar-refractivity contribution in [3.05, 3.63) is 62.3 Å². The summed E-state index contributed by atoms with van der Waals surface area (Å²) in [6.07, 6.45) is 4.90. The Balaban J connectivity index is 2.44. The zero-order valence-electron chi connectivity index (χ0n) is 11.7. The fraction of sp³-hybridized carbons (Fsp3) is 0.312. The summed E-state index contributed by atoms with van der Waals surface area (Å²) in [6.45, 7) is 5.28. The third-order valence-electron chi connectivity index (χ3n) is 3.26. The van der Waals surface area contributed by atoms with Crippen molar-refractivity contribution >= 4 is 31.9 Å². The topological polar surface area (TPSA) is 24.9 Å². The molecule has 106 valence electrons. The van der Waals surface area contributed by atoms with E-state index in [2.05, 4.69) is 80.3 Å². The maximum atomic E-state index is 4.28. The van der Waals surface area contributed by atoms with E-state index in [4.69, 9.17) is 0 Å². The summed E-state index contributed by atoms with van der Waals surface area (Å²) in [5.41, 5.74) is 3.71. The van der Waals surface area contributed by atoms with E-state index in [0.29, 0.717) is 0 Å². The highest BCUT2D eigenvalue weighted by atomic mass is 79.9. The van der Waals surface area contributed by atoms with Crippen LogP contribution >= 0.6 is 31.9 Å². The molecular weight excluding hydrogens is 380 g/mol. The second-order valence-electron chi connectivity index (χ2n) is 4.79.